The molecule has 0 heterocycles. The summed E-state index contributed by atoms with van der Waals surface area (Å²) in [5, 5.41) is 5.65. The van der Waals surface area contributed by atoms with Gasteiger partial charge in [0.25, 0.3) is 11.8 Å². The lowest BCUT2D eigenvalue weighted by Crippen LogP contribution is -2.30. The van der Waals surface area contributed by atoms with Crippen LogP contribution in [0.5, 0.6) is 0 Å². The Bertz CT molecular complexity index is 1310. The minimum atomic E-state index is -0.401. The summed E-state index contributed by atoms with van der Waals surface area (Å²) in [6.45, 7) is 0. The van der Waals surface area contributed by atoms with Crippen LogP contribution in [-0.4, -0.2) is 11.8 Å². The van der Waals surface area contributed by atoms with Gasteiger partial charge in [-0.25, -0.2) is 0 Å². The van der Waals surface area contributed by atoms with E-state index < -0.39 is 5.91 Å². The molecule has 4 aromatic rings. The van der Waals surface area contributed by atoms with Gasteiger partial charge in [0.2, 0.25) is 0 Å². The molecule has 0 aliphatic heterocycles. The number of carbonyl (C=O) groups is 2. The predicted molar refractivity (Wildman–Crippen MR) is 147 cm³/mol. The number of hydrogen-bond donors (Lipinski definition) is 2. The average Bonchev–Trinajstić information content (AvgIpc) is 2.90. The minimum Gasteiger partial charge on any atom is -0.321 e. The molecule has 0 atom stereocenters. The summed E-state index contributed by atoms with van der Waals surface area (Å²) in [5.41, 5.74) is 3.33. The highest BCUT2D eigenvalue weighted by Crippen LogP contribution is 2.24. The zero-order valence-corrected chi connectivity index (χ0v) is 21.2. The van der Waals surface area contributed by atoms with Gasteiger partial charge in [0.1, 0.15) is 5.70 Å². The second-order valence-corrected chi connectivity index (χ2v) is 9.65. The Kier molecular flexibility index (Phi) is 8.54. The highest BCUT2D eigenvalue weighted by atomic mass is 79.9. The number of carbonyl (C=O) groups excluding carboxylic acids is 2. The molecule has 0 radical (unpaired) electrons. The van der Waals surface area contributed by atoms with E-state index in [9.17, 15) is 9.59 Å². The van der Waals surface area contributed by atoms with Gasteiger partial charge in [0, 0.05) is 26.4 Å². The number of thioether (sulfide) groups is 1. The second-order valence-electron chi connectivity index (χ2n) is 7.68. The van der Waals surface area contributed by atoms with E-state index in [0.29, 0.717) is 11.3 Å². The zero-order valence-electron chi connectivity index (χ0n) is 18.8. The molecule has 0 saturated heterocycles. The number of hydrogen-bond acceptors (Lipinski definition) is 3. The van der Waals surface area contributed by atoms with Crippen LogP contribution in [0, 0.1) is 0 Å². The maximum Gasteiger partial charge on any atom is 0.272 e. The van der Waals surface area contributed by atoms with Gasteiger partial charge in [-0.1, -0.05) is 76.6 Å². The van der Waals surface area contributed by atoms with E-state index in [1.54, 1.807) is 42.1 Å². The van der Waals surface area contributed by atoms with E-state index in [-0.39, 0.29) is 11.6 Å². The molecule has 174 valence electrons. The number of amides is 2. The van der Waals surface area contributed by atoms with Crippen molar-refractivity contribution in [1.82, 2.24) is 5.32 Å². The fourth-order valence-corrected chi connectivity index (χ4v) is 4.36. The average molecular weight is 543 g/mol. The Balaban J connectivity index is 1.47. The summed E-state index contributed by atoms with van der Waals surface area (Å²) in [5.74, 6) is 0.122. The zero-order chi connectivity index (χ0) is 24.5. The van der Waals surface area contributed by atoms with Gasteiger partial charge in [-0.3, -0.25) is 9.59 Å². The predicted octanol–water partition coefficient (Wildman–Crippen LogP) is 7.15. The van der Waals surface area contributed by atoms with E-state index in [1.165, 1.54) is 5.56 Å². The van der Waals surface area contributed by atoms with Gasteiger partial charge in [-0.05, 0) is 65.7 Å². The molecule has 0 aliphatic rings. The normalized spacial score (nSPS) is 11.1. The van der Waals surface area contributed by atoms with Crippen LogP contribution in [-0.2, 0) is 10.5 Å². The molecule has 4 aromatic carbocycles. The van der Waals surface area contributed by atoms with Crippen molar-refractivity contribution >= 4 is 51.3 Å². The first-order valence-corrected chi connectivity index (χ1v) is 12.8. The molecule has 0 aromatic heterocycles. The quantitative estimate of drug-likeness (QED) is 0.183. The van der Waals surface area contributed by atoms with Crippen molar-refractivity contribution in [3.05, 3.63) is 136 Å². The molecule has 35 heavy (non-hydrogen) atoms. The van der Waals surface area contributed by atoms with Crippen LogP contribution in [0.15, 0.2) is 124 Å². The van der Waals surface area contributed by atoms with Crippen molar-refractivity contribution in [3.63, 3.8) is 0 Å². The molecule has 6 heteroatoms. The fraction of sp³-hybridized carbons (Fsp3) is 0.0345. The van der Waals surface area contributed by atoms with Crippen LogP contribution >= 0.6 is 27.7 Å². The molecule has 0 aliphatic carbocycles. The molecule has 0 unspecified atom stereocenters. The summed E-state index contributed by atoms with van der Waals surface area (Å²) in [6, 6.07) is 34.3. The number of rotatable bonds is 8. The first-order chi connectivity index (χ1) is 17.1. The third kappa shape index (κ3) is 7.44. The summed E-state index contributed by atoms with van der Waals surface area (Å²) in [6.07, 6.45) is 1.66. The summed E-state index contributed by atoms with van der Waals surface area (Å²) in [4.78, 5) is 27.0. The van der Waals surface area contributed by atoms with E-state index in [1.807, 2.05) is 72.8 Å². The number of benzene rings is 4. The van der Waals surface area contributed by atoms with Gasteiger partial charge >= 0.3 is 0 Å². The molecule has 4 nitrogen and oxygen atoms in total. The van der Waals surface area contributed by atoms with E-state index in [2.05, 4.69) is 38.7 Å². The lowest BCUT2D eigenvalue weighted by molar-refractivity contribution is -0.113. The molecule has 4 rings (SSSR count). The Morgan fingerprint density at radius 2 is 1.40 bits per heavy atom. The Morgan fingerprint density at radius 3 is 2.06 bits per heavy atom. The lowest BCUT2D eigenvalue weighted by Gasteiger charge is -2.12. The van der Waals surface area contributed by atoms with Crippen LogP contribution < -0.4 is 10.6 Å². The molecule has 0 spiro atoms. The Labute approximate surface area is 217 Å². The van der Waals surface area contributed by atoms with Crippen molar-refractivity contribution in [2.75, 3.05) is 5.32 Å². The maximum atomic E-state index is 13.1. The van der Waals surface area contributed by atoms with Crippen LogP contribution in [0.1, 0.15) is 21.5 Å². The Hall–Kier alpha value is -3.61. The number of anilines is 1. The SMILES string of the molecule is O=C(Nc1ccc(SCc2ccccc2)cc1)/C(=C/c1ccc(Br)cc1)NC(=O)c1ccccc1. The van der Waals surface area contributed by atoms with E-state index >= 15 is 0 Å². The number of halogens is 1. The highest BCUT2D eigenvalue weighted by Gasteiger charge is 2.15. The number of nitrogens with one attached hydrogen (secondary N) is 2. The molecule has 2 amide bonds. The van der Waals surface area contributed by atoms with Crippen molar-refractivity contribution in [3.8, 4) is 0 Å². The fourth-order valence-electron chi connectivity index (χ4n) is 3.24. The molecule has 2 N–H and O–H groups in total. The monoisotopic (exact) mass is 542 g/mol. The summed E-state index contributed by atoms with van der Waals surface area (Å²) >= 11 is 5.15. The lowest BCUT2D eigenvalue weighted by atomic mass is 10.1. The second kappa shape index (κ2) is 12.2. The first-order valence-electron chi connectivity index (χ1n) is 11.0. The largest absolute Gasteiger partial charge is 0.321 e. The first kappa shape index (κ1) is 24.5. The highest BCUT2D eigenvalue weighted by molar-refractivity contribution is 9.10. The molecule has 0 bridgehead atoms. The van der Waals surface area contributed by atoms with Crippen molar-refractivity contribution in [2.24, 2.45) is 0 Å². The minimum absolute atomic E-state index is 0.156. The Morgan fingerprint density at radius 1 is 0.771 bits per heavy atom. The molecular weight excluding hydrogens is 520 g/mol. The van der Waals surface area contributed by atoms with Crippen molar-refractivity contribution in [2.45, 2.75) is 10.6 Å². The van der Waals surface area contributed by atoms with E-state index in [4.69, 9.17) is 0 Å². The third-order valence-corrected chi connectivity index (χ3v) is 6.68. The van der Waals surface area contributed by atoms with Gasteiger partial charge in [0.15, 0.2) is 0 Å². The smallest absolute Gasteiger partial charge is 0.272 e. The third-order valence-electron chi connectivity index (χ3n) is 5.07. The van der Waals surface area contributed by atoms with Crippen LogP contribution in [0.3, 0.4) is 0 Å². The molecule has 0 saturated carbocycles. The molecular formula is C29H23BrN2O2S. The van der Waals surface area contributed by atoms with Crippen LogP contribution in [0.4, 0.5) is 5.69 Å². The van der Waals surface area contributed by atoms with Crippen molar-refractivity contribution < 1.29 is 9.59 Å². The topological polar surface area (TPSA) is 58.2 Å². The maximum absolute atomic E-state index is 13.1. The summed E-state index contributed by atoms with van der Waals surface area (Å²) in [7, 11) is 0. The molecule has 0 fully saturated rings. The van der Waals surface area contributed by atoms with Gasteiger partial charge in [-0.15, -0.1) is 11.8 Å². The van der Waals surface area contributed by atoms with Crippen LogP contribution in [0.25, 0.3) is 6.08 Å². The van der Waals surface area contributed by atoms with Gasteiger partial charge < -0.3 is 10.6 Å². The van der Waals surface area contributed by atoms with Gasteiger partial charge in [0.05, 0.1) is 0 Å². The van der Waals surface area contributed by atoms with E-state index in [0.717, 1.165) is 20.7 Å². The van der Waals surface area contributed by atoms with Crippen LogP contribution in [0.2, 0.25) is 0 Å². The van der Waals surface area contributed by atoms with Gasteiger partial charge in [-0.2, -0.15) is 0 Å². The standard InChI is InChI=1S/C29H23BrN2O2S/c30-24-13-11-21(12-14-24)19-27(32-28(33)23-9-5-2-6-10-23)29(34)31-25-15-17-26(18-16-25)35-20-22-7-3-1-4-8-22/h1-19H,20H2,(H,31,34)(H,32,33)/b27-19-. The van der Waals surface area contributed by atoms with Crippen molar-refractivity contribution in [1.29, 1.82) is 0 Å². The summed E-state index contributed by atoms with van der Waals surface area (Å²) < 4.78 is 0.930.